The molecule has 5 rings (SSSR count). The molecule has 192 valence electrons. The van der Waals surface area contributed by atoms with Gasteiger partial charge in [0, 0.05) is 31.3 Å². The Morgan fingerprint density at radius 1 is 0.895 bits per heavy atom. The van der Waals surface area contributed by atoms with E-state index in [2.05, 4.69) is 82.8 Å². The molecule has 6 heteroatoms. The lowest BCUT2D eigenvalue weighted by atomic mass is 9.74. The molecule has 1 fully saturated rings. The maximum atomic E-state index is 13.1. The van der Waals surface area contributed by atoms with E-state index in [1.165, 1.54) is 4.68 Å². The van der Waals surface area contributed by atoms with Crippen molar-refractivity contribution >= 4 is 17.8 Å². The second-order valence-corrected chi connectivity index (χ2v) is 9.32. The van der Waals surface area contributed by atoms with Crippen molar-refractivity contribution < 1.29 is 14.3 Å². The Morgan fingerprint density at radius 2 is 1.45 bits per heavy atom. The minimum Gasteiger partial charge on any atom is -0.465 e. The largest absolute Gasteiger partial charge is 0.465 e. The first-order valence-electron chi connectivity index (χ1n) is 13.0. The minimum atomic E-state index is -0.590. The van der Waals surface area contributed by atoms with Crippen LogP contribution in [-0.4, -0.2) is 46.1 Å². The van der Waals surface area contributed by atoms with Crippen molar-refractivity contribution in [3.63, 3.8) is 0 Å². The number of rotatable bonds is 8. The fourth-order valence-electron chi connectivity index (χ4n) is 5.33. The molecule has 1 aliphatic heterocycles. The van der Waals surface area contributed by atoms with Crippen LogP contribution in [0.5, 0.6) is 0 Å². The summed E-state index contributed by atoms with van der Waals surface area (Å²) in [6.45, 7) is 3.22. The van der Waals surface area contributed by atoms with Gasteiger partial charge in [-0.3, -0.25) is 19.2 Å². The summed E-state index contributed by atoms with van der Waals surface area (Å²) >= 11 is 0. The second kappa shape index (κ2) is 11.4. The predicted octanol–water partition coefficient (Wildman–Crippen LogP) is 5.10. The van der Waals surface area contributed by atoms with E-state index in [1.807, 2.05) is 30.3 Å². The highest BCUT2D eigenvalue weighted by molar-refractivity contribution is 6.00. The Balaban J connectivity index is 1.57. The standard InChI is InChI=1S/C32H31N3O3/c1-2-38-31(37)24-35-21-18-29(33-35)22-25-23-34(20-19-30(25)36)32(26-12-6-3-7-13-26,27-14-8-4-9-15-27)28-16-10-5-11-17-28/h3-18,21-22H,2,19-20,23-24H2,1H3/b25-22+. The SMILES string of the molecule is CCOC(=O)Cn1ccc(/C=C2\CN(C(c3ccccc3)(c3ccccc3)c3ccccc3)CCC2=O)n1. The van der Waals surface area contributed by atoms with Crippen LogP contribution >= 0.6 is 0 Å². The number of hydrogen-bond donors (Lipinski definition) is 0. The third-order valence-corrected chi connectivity index (χ3v) is 6.96. The van der Waals surface area contributed by atoms with Gasteiger partial charge < -0.3 is 4.74 Å². The summed E-state index contributed by atoms with van der Waals surface area (Å²) in [6, 6.07) is 33.3. The monoisotopic (exact) mass is 505 g/mol. The number of ketones is 1. The highest BCUT2D eigenvalue weighted by atomic mass is 16.5. The number of aromatic nitrogens is 2. The maximum absolute atomic E-state index is 13.1. The molecule has 0 saturated carbocycles. The second-order valence-electron chi connectivity index (χ2n) is 9.32. The average molecular weight is 506 g/mol. The molecule has 0 unspecified atom stereocenters. The number of Topliss-reactive ketones (excluding diaryl/α,β-unsaturated/α-hetero) is 1. The van der Waals surface area contributed by atoms with Gasteiger partial charge in [0.2, 0.25) is 0 Å². The number of ether oxygens (including phenoxy) is 1. The highest BCUT2D eigenvalue weighted by Crippen LogP contribution is 2.43. The molecular formula is C32H31N3O3. The minimum absolute atomic E-state index is 0.0379. The quantitative estimate of drug-likeness (QED) is 0.189. The van der Waals surface area contributed by atoms with Crippen molar-refractivity contribution in [2.45, 2.75) is 25.4 Å². The molecule has 0 bridgehead atoms. The molecule has 1 aromatic heterocycles. The lowest BCUT2D eigenvalue weighted by Gasteiger charge is -2.47. The maximum Gasteiger partial charge on any atom is 0.327 e. The Morgan fingerprint density at radius 3 is 1.97 bits per heavy atom. The van der Waals surface area contributed by atoms with Crippen molar-refractivity contribution in [1.82, 2.24) is 14.7 Å². The normalized spacial score (nSPS) is 15.5. The van der Waals surface area contributed by atoms with Crippen molar-refractivity contribution in [3.05, 3.63) is 131 Å². The topological polar surface area (TPSA) is 64.4 Å². The summed E-state index contributed by atoms with van der Waals surface area (Å²) < 4.78 is 6.56. The number of piperidine rings is 1. The smallest absolute Gasteiger partial charge is 0.327 e. The molecule has 0 atom stereocenters. The van der Waals surface area contributed by atoms with Crippen LogP contribution in [-0.2, 0) is 26.4 Å². The first kappa shape index (κ1) is 25.4. The van der Waals surface area contributed by atoms with Gasteiger partial charge in [0.15, 0.2) is 5.78 Å². The zero-order valence-corrected chi connectivity index (χ0v) is 21.5. The Bertz CT molecular complexity index is 1320. The van der Waals surface area contributed by atoms with E-state index < -0.39 is 5.54 Å². The fourth-order valence-corrected chi connectivity index (χ4v) is 5.33. The number of likely N-dealkylation sites (tertiary alicyclic amines) is 1. The molecule has 0 radical (unpaired) electrons. The average Bonchev–Trinajstić information content (AvgIpc) is 3.39. The molecule has 6 nitrogen and oxygen atoms in total. The van der Waals surface area contributed by atoms with Crippen LogP contribution in [0.4, 0.5) is 0 Å². The third kappa shape index (κ3) is 5.08. The number of hydrogen-bond acceptors (Lipinski definition) is 5. The Kier molecular flexibility index (Phi) is 7.61. The van der Waals surface area contributed by atoms with Gasteiger partial charge in [0.1, 0.15) is 6.54 Å². The van der Waals surface area contributed by atoms with Gasteiger partial charge in [0.05, 0.1) is 17.8 Å². The lowest BCUT2D eigenvalue weighted by molar-refractivity contribution is -0.144. The Hall–Kier alpha value is -4.29. The summed E-state index contributed by atoms with van der Waals surface area (Å²) in [5.41, 5.74) is 4.18. The number of carbonyl (C=O) groups excluding carboxylic acids is 2. The van der Waals surface area contributed by atoms with Gasteiger partial charge in [-0.25, -0.2) is 0 Å². The number of benzene rings is 3. The number of carbonyl (C=O) groups is 2. The van der Waals surface area contributed by atoms with E-state index >= 15 is 0 Å². The van der Waals surface area contributed by atoms with Gasteiger partial charge in [-0.1, -0.05) is 91.0 Å². The van der Waals surface area contributed by atoms with E-state index in [0.29, 0.717) is 37.4 Å². The molecule has 2 heterocycles. The van der Waals surface area contributed by atoms with Crippen LogP contribution in [0.25, 0.3) is 6.08 Å². The third-order valence-electron chi connectivity index (χ3n) is 6.96. The fraction of sp³-hybridized carbons (Fsp3) is 0.219. The van der Waals surface area contributed by atoms with Crippen molar-refractivity contribution in [2.24, 2.45) is 0 Å². The molecule has 0 N–H and O–H groups in total. The van der Waals surface area contributed by atoms with E-state index in [-0.39, 0.29) is 18.3 Å². The summed E-state index contributed by atoms with van der Waals surface area (Å²) in [5.74, 6) is -0.225. The number of nitrogens with zero attached hydrogens (tertiary/aromatic N) is 3. The van der Waals surface area contributed by atoms with Crippen molar-refractivity contribution in [1.29, 1.82) is 0 Å². The summed E-state index contributed by atoms with van der Waals surface area (Å²) in [6.07, 6.45) is 3.99. The lowest BCUT2D eigenvalue weighted by Crippen LogP contribution is -2.52. The van der Waals surface area contributed by atoms with Crippen LogP contribution in [0, 0.1) is 0 Å². The van der Waals surface area contributed by atoms with Crippen molar-refractivity contribution in [2.75, 3.05) is 19.7 Å². The van der Waals surface area contributed by atoms with E-state index in [4.69, 9.17) is 4.74 Å². The molecule has 0 amide bonds. The number of esters is 1. The molecular weight excluding hydrogens is 474 g/mol. The van der Waals surface area contributed by atoms with Gasteiger partial charge in [-0.05, 0) is 35.8 Å². The zero-order chi connectivity index (χ0) is 26.4. The van der Waals surface area contributed by atoms with Crippen LogP contribution in [0.15, 0.2) is 109 Å². The molecule has 3 aromatic carbocycles. The highest BCUT2D eigenvalue weighted by Gasteiger charge is 2.44. The molecule has 4 aromatic rings. The Labute approximate surface area is 223 Å². The van der Waals surface area contributed by atoms with Crippen LogP contribution in [0.3, 0.4) is 0 Å². The van der Waals surface area contributed by atoms with Gasteiger partial charge in [-0.2, -0.15) is 5.10 Å². The molecule has 0 aliphatic carbocycles. The molecule has 1 saturated heterocycles. The summed E-state index contributed by atoms with van der Waals surface area (Å²) in [4.78, 5) is 27.4. The first-order valence-corrected chi connectivity index (χ1v) is 13.0. The van der Waals surface area contributed by atoms with Gasteiger partial charge in [0.25, 0.3) is 0 Å². The first-order chi connectivity index (χ1) is 18.6. The molecule has 1 aliphatic rings. The summed E-state index contributed by atoms with van der Waals surface area (Å²) in [5, 5.41) is 4.49. The van der Waals surface area contributed by atoms with Gasteiger partial charge >= 0.3 is 5.97 Å². The van der Waals surface area contributed by atoms with E-state index in [9.17, 15) is 9.59 Å². The predicted molar refractivity (Wildman–Crippen MR) is 147 cm³/mol. The van der Waals surface area contributed by atoms with Crippen LogP contribution < -0.4 is 0 Å². The van der Waals surface area contributed by atoms with E-state index in [1.54, 1.807) is 13.1 Å². The van der Waals surface area contributed by atoms with Crippen molar-refractivity contribution in [3.8, 4) is 0 Å². The van der Waals surface area contributed by atoms with Gasteiger partial charge in [-0.15, -0.1) is 0 Å². The van der Waals surface area contributed by atoms with Crippen LogP contribution in [0.1, 0.15) is 35.7 Å². The van der Waals surface area contributed by atoms with E-state index in [0.717, 1.165) is 16.7 Å². The zero-order valence-electron chi connectivity index (χ0n) is 21.5. The summed E-state index contributed by atoms with van der Waals surface area (Å²) in [7, 11) is 0. The van der Waals surface area contributed by atoms with Crippen LogP contribution in [0.2, 0.25) is 0 Å². The molecule has 0 spiro atoms. The molecule has 38 heavy (non-hydrogen) atoms.